The van der Waals surface area contributed by atoms with E-state index < -0.39 is 0 Å². The maximum absolute atomic E-state index is 5.48. The van der Waals surface area contributed by atoms with Gasteiger partial charge in [0.15, 0.2) is 0 Å². The third-order valence-electron chi connectivity index (χ3n) is 4.91. The lowest BCUT2D eigenvalue weighted by atomic mass is 10.0. The molecule has 0 bridgehead atoms. The Kier molecular flexibility index (Phi) is 3.61. The summed E-state index contributed by atoms with van der Waals surface area (Å²) in [7, 11) is 1.73. The molecule has 1 aromatic carbocycles. The molecule has 0 amide bonds. The van der Waals surface area contributed by atoms with Crippen molar-refractivity contribution in [3.8, 4) is 5.75 Å². The van der Waals surface area contributed by atoms with Gasteiger partial charge in [-0.25, -0.2) is 0 Å². The number of rotatable bonds is 3. The molecule has 3 heteroatoms. The van der Waals surface area contributed by atoms with E-state index >= 15 is 0 Å². The fourth-order valence-electron chi connectivity index (χ4n) is 3.08. The van der Waals surface area contributed by atoms with E-state index in [9.17, 15) is 0 Å². The van der Waals surface area contributed by atoms with E-state index in [4.69, 9.17) is 4.74 Å². The summed E-state index contributed by atoms with van der Waals surface area (Å²) in [5, 5.41) is 0. The van der Waals surface area contributed by atoms with Gasteiger partial charge in [0, 0.05) is 14.9 Å². The Morgan fingerprint density at radius 2 is 1.72 bits per heavy atom. The molecule has 1 aromatic rings. The Morgan fingerprint density at radius 1 is 1.17 bits per heavy atom. The molecule has 2 rings (SSSR count). The monoisotopic (exact) mass is 374 g/mol. The molecular formula is C15H20Br2O. The van der Waals surface area contributed by atoms with E-state index in [1.54, 1.807) is 7.11 Å². The van der Waals surface area contributed by atoms with E-state index in [1.165, 1.54) is 5.56 Å². The third kappa shape index (κ3) is 2.03. The smallest absolute Gasteiger partial charge is 0.123 e. The topological polar surface area (TPSA) is 9.23 Å². The average molecular weight is 376 g/mol. The van der Waals surface area contributed by atoms with Crippen LogP contribution in [0.5, 0.6) is 5.75 Å². The summed E-state index contributed by atoms with van der Waals surface area (Å²) >= 11 is 7.43. The fraction of sp³-hybridized carbons (Fsp3) is 0.600. The SMILES string of the molecule is COc1ccc(Br)cc1C(Br)C1C(C)(C)C1(C)C. The lowest BCUT2D eigenvalue weighted by molar-refractivity contribution is 0.406. The molecule has 1 nitrogen and oxygen atoms in total. The van der Waals surface area contributed by atoms with Gasteiger partial charge in [-0.3, -0.25) is 0 Å². The average Bonchev–Trinajstić information content (AvgIpc) is 2.68. The van der Waals surface area contributed by atoms with Crippen molar-refractivity contribution < 1.29 is 4.74 Å². The minimum Gasteiger partial charge on any atom is -0.496 e. The van der Waals surface area contributed by atoms with Gasteiger partial charge in [0.2, 0.25) is 0 Å². The minimum atomic E-state index is 0.329. The van der Waals surface area contributed by atoms with Gasteiger partial charge in [-0.2, -0.15) is 0 Å². The van der Waals surface area contributed by atoms with E-state index in [0.717, 1.165) is 10.2 Å². The van der Waals surface area contributed by atoms with E-state index in [-0.39, 0.29) is 0 Å². The lowest BCUT2D eigenvalue weighted by Gasteiger charge is -2.16. The molecule has 1 atom stereocenters. The molecular weight excluding hydrogens is 356 g/mol. The fourth-order valence-corrected chi connectivity index (χ4v) is 5.14. The normalized spacial score (nSPS) is 22.6. The molecule has 1 saturated carbocycles. The van der Waals surface area contributed by atoms with Crippen LogP contribution in [0.4, 0.5) is 0 Å². The summed E-state index contributed by atoms with van der Waals surface area (Å²) in [6.45, 7) is 9.37. The van der Waals surface area contributed by atoms with Crippen molar-refractivity contribution in [3.63, 3.8) is 0 Å². The molecule has 18 heavy (non-hydrogen) atoms. The van der Waals surface area contributed by atoms with Gasteiger partial charge in [0.25, 0.3) is 0 Å². The molecule has 1 fully saturated rings. The van der Waals surface area contributed by atoms with Gasteiger partial charge < -0.3 is 4.74 Å². The number of hydrogen-bond acceptors (Lipinski definition) is 1. The number of halogens is 2. The molecule has 0 aromatic heterocycles. The molecule has 1 aliphatic carbocycles. The van der Waals surface area contributed by atoms with Crippen molar-refractivity contribution in [2.45, 2.75) is 32.5 Å². The van der Waals surface area contributed by atoms with Crippen LogP contribution in [-0.4, -0.2) is 7.11 Å². The van der Waals surface area contributed by atoms with Crippen LogP contribution >= 0.6 is 31.9 Å². The first kappa shape index (κ1) is 14.4. The quantitative estimate of drug-likeness (QED) is 0.627. The molecule has 0 N–H and O–H groups in total. The van der Waals surface area contributed by atoms with Crippen molar-refractivity contribution in [1.82, 2.24) is 0 Å². The summed E-state index contributed by atoms with van der Waals surface area (Å²) in [6, 6.07) is 6.20. The van der Waals surface area contributed by atoms with Crippen LogP contribution in [0.1, 0.15) is 38.1 Å². The van der Waals surface area contributed by atoms with Gasteiger partial charge in [-0.15, -0.1) is 0 Å². The zero-order valence-corrected chi connectivity index (χ0v) is 14.7. The molecule has 0 spiro atoms. The first-order valence-electron chi connectivity index (χ1n) is 6.21. The van der Waals surface area contributed by atoms with Crippen molar-refractivity contribution in [1.29, 1.82) is 0 Å². The second-order valence-corrected chi connectivity index (χ2v) is 8.11. The Morgan fingerprint density at radius 3 is 2.17 bits per heavy atom. The van der Waals surface area contributed by atoms with Crippen LogP contribution < -0.4 is 4.74 Å². The Labute approximate surface area is 127 Å². The number of ether oxygens (including phenoxy) is 1. The second kappa shape index (κ2) is 4.52. The van der Waals surface area contributed by atoms with E-state index in [1.807, 2.05) is 12.1 Å². The van der Waals surface area contributed by atoms with Crippen LogP contribution in [-0.2, 0) is 0 Å². The highest BCUT2D eigenvalue weighted by Gasteiger charge is 2.67. The van der Waals surface area contributed by atoms with Gasteiger partial charge in [0.1, 0.15) is 5.75 Å². The molecule has 0 radical (unpaired) electrons. The standard InChI is InChI=1S/C15H20Br2O/c1-14(2)13(15(14,3)4)12(17)10-8-9(16)6-7-11(10)18-5/h6-8,12-13H,1-5H3. The first-order chi connectivity index (χ1) is 8.23. The Bertz CT molecular complexity index is 452. The predicted molar refractivity (Wildman–Crippen MR) is 83.4 cm³/mol. The maximum atomic E-state index is 5.48. The van der Waals surface area contributed by atoms with Crippen LogP contribution in [0.25, 0.3) is 0 Å². The second-order valence-electron chi connectivity index (χ2n) is 6.21. The zero-order chi connectivity index (χ0) is 13.7. The van der Waals surface area contributed by atoms with Crippen molar-refractivity contribution in [2.75, 3.05) is 7.11 Å². The summed E-state index contributed by atoms with van der Waals surface area (Å²) < 4.78 is 6.58. The van der Waals surface area contributed by atoms with Gasteiger partial charge in [0.05, 0.1) is 7.11 Å². The van der Waals surface area contributed by atoms with Crippen LogP contribution in [0.3, 0.4) is 0 Å². The first-order valence-corrected chi connectivity index (χ1v) is 7.92. The summed E-state index contributed by atoms with van der Waals surface area (Å²) in [6.07, 6.45) is 0. The number of alkyl halides is 1. The molecule has 0 heterocycles. The van der Waals surface area contributed by atoms with Crippen molar-refractivity contribution >= 4 is 31.9 Å². The van der Waals surface area contributed by atoms with Gasteiger partial charge in [-0.1, -0.05) is 59.6 Å². The largest absolute Gasteiger partial charge is 0.496 e. The van der Waals surface area contributed by atoms with Crippen LogP contribution in [0.2, 0.25) is 0 Å². The highest BCUT2D eigenvalue weighted by Crippen LogP contribution is 2.74. The van der Waals surface area contributed by atoms with E-state index in [2.05, 4.69) is 65.6 Å². The lowest BCUT2D eigenvalue weighted by Crippen LogP contribution is -2.02. The van der Waals surface area contributed by atoms with Crippen molar-refractivity contribution in [2.24, 2.45) is 16.7 Å². The van der Waals surface area contributed by atoms with Crippen LogP contribution in [0.15, 0.2) is 22.7 Å². The summed E-state index contributed by atoms with van der Waals surface area (Å²) in [4.78, 5) is 0.329. The molecule has 1 unspecified atom stereocenters. The van der Waals surface area contributed by atoms with Gasteiger partial charge >= 0.3 is 0 Å². The molecule has 1 aliphatic rings. The maximum Gasteiger partial charge on any atom is 0.123 e. The number of benzene rings is 1. The summed E-state index contributed by atoms with van der Waals surface area (Å²) in [5.74, 6) is 1.58. The highest BCUT2D eigenvalue weighted by molar-refractivity contribution is 9.10. The zero-order valence-electron chi connectivity index (χ0n) is 11.6. The molecule has 0 saturated heterocycles. The Balaban J connectivity index is 2.36. The van der Waals surface area contributed by atoms with Crippen LogP contribution in [0, 0.1) is 16.7 Å². The molecule has 100 valence electrons. The number of hydrogen-bond donors (Lipinski definition) is 0. The molecule has 0 aliphatic heterocycles. The third-order valence-corrected chi connectivity index (χ3v) is 6.43. The van der Waals surface area contributed by atoms with Crippen molar-refractivity contribution in [3.05, 3.63) is 28.2 Å². The number of methoxy groups -OCH3 is 1. The highest BCUT2D eigenvalue weighted by atomic mass is 79.9. The minimum absolute atomic E-state index is 0.329. The Hall–Kier alpha value is -0.0200. The predicted octanol–water partition coefficient (Wildman–Crippen LogP) is 5.58. The van der Waals surface area contributed by atoms with E-state index in [0.29, 0.717) is 21.6 Å². The van der Waals surface area contributed by atoms with Gasteiger partial charge in [-0.05, 0) is 34.9 Å². The summed E-state index contributed by atoms with van der Waals surface area (Å²) in [5.41, 5.74) is 1.94.